The molecule has 2 heterocycles. The monoisotopic (exact) mass is 489 g/mol. The molecule has 3 aromatic rings. The highest BCUT2D eigenvalue weighted by molar-refractivity contribution is 5.92. The number of rotatable bonds is 6. The minimum Gasteiger partial charge on any atom is -0.376 e. The maximum absolute atomic E-state index is 13.7. The number of benzene rings is 2. The van der Waals surface area contributed by atoms with Crippen molar-refractivity contribution in [2.75, 3.05) is 13.2 Å². The second-order valence-corrected chi connectivity index (χ2v) is 8.41. The fraction of sp³-hybridized carbons (Fsp3) is 0.320. The van der Waals surface area contributed by atoms with Crippen molar-refractivity contribution in [3.63, 3.8) is 0 Å². The fourth-order valence-corrected chi connectivity index (χ4v) is 4.03. The van der Waals surface area contributed by atoms with Gasteiger partial charge in [-0.25, -0.2) is 9.07 Å². The zero-order valence-electron chi connectivity index (χ0n) is 18.9. The normalized spacial score (nSPS) is 15.9. The van der Waals surface area contributed by atoms with Crippen LogP contribution >= 0.6 is 0 Å². The van der Waals surface area contributed by atoms with E-state index in [1.54, 1.807) is 6.07 Å². The van der Waals surface area contributed by atoms with Gasteiger partial charge in [-0.05, 0) is 55.7 Å². The highest BCUT2D eigenvalue weighted by Gasteiger charge is 2.31. The van der Waals surface area contributed by atoms with E-state index < -0.39 is 34.6 Å². The van der Waals surface area contributed by atoms with Gasteiger partial charge in [0.1, 0.15) is 5.82 Å². The second kappa shape index (κ2) is 9.99. The Labute approximate surface area is 198 Å². The van der Waals surface area contributed by atoms with Crippen molar-refractivity contribution in [3.05, 3.63) is 93.2 Å². The molecule has 1 unspecified atom stereocenters. The Bertz CT molecular complexity index is 1280. The molecule has 0 radical (unpaired) electrons. The lowest BCUT2D eigenvalue weighted by Crippen LogP contribution is -2.40. The molecule has 0 bridgehead atoms. The van der Waals surface area contributed by atoms with Gasteiger partial charge in [0.15, 0.2) is 5.69 Å². The number of hydrogen-bond acceptors (Lipinski definition) is 4. The van der Waals surface area contributed by atoms with Crippen molar-refractivity contribution in [2.24, 2.45) is 0 Å². The maximum atomic E-state index is 13.7. The van der Waals surface area contributed by atoms with Crippen LogP contribution in [0.5, 0.6) is 0 Å². The first-order valence-electron chi connectivity index (χ1n) is 11.1. The van der Waals surface area contributed by atoms with Crippen LogP contribution in [-0.2, 0) is 17.5 Å². The molecule has 2 aromatic carbocycles. The Balaban J connectivity index is 1.71. The van der Waals surface area contributed by atoms with Crippen molar-refractivity contribution < 1.29 is 27.1 Å². The van der Waals surface area contributed by atoms with Gasteiger partial charge in [-0.1, -0.05) is 18.2 Å². The van der Waals surface area contributed by atoms with Gasteiger partial charge in [0, 0.05) is 31.5 Å². The average molecular weight is 489 g/mol. The molecule has 0 spiro atoms. The summed E-state index contributed by atoms with van der Waals surface area (Å²) in [7, 11) is 0. The van der Waals surface area contributed by atoms with Crippen LogP contribution in [0.1, 0.15) is 40.2 Å². The third-order valence-corrected chi connectivity index (χ3v) is 5.73. The zero-order valence-corrected chi connectivity index (χ0v) is 18.9. The summed E-state index contributed by atoms with van der Waals surface area (Å²) >= 11 is 0. The lowest BCUT2D eigenvalue weighted by molar-refractivity contribution is -0.137. The van der Waals surface area contributed by atoms with E-state index in [-0.39, 0.29) is 30.6 Å². The Morgan fingerprint density at radius 3 is 2.63 bits per heavy atom. The van der Waals surface area contributed by atoms with E-state index in [2.05, 4.69) is 5.10 Å². The van der Waals surface area contributed by atoms with Crippen LogP contribution in [0.2, 0.25) is 0 Å². The Morgan fingerprint density at radius 2 is 1.94 bits per heavy atom. The van der Waals surface area contributed by atoms with Crippen molar-refractivity contribution in [1.29, 1.82) is 0 Å². The van der Waals surface area contributed by atoms with Gasteiger partial charge < -0.3 is 9.64 Å². The Kier molecular flexibility index (Phi) is 7.02. The number of alkyl halides is 3. The molecule has 1 amide bonds. The van der Waals surface area contributed by atoms with Gasteiger partial charge in [0.2, 0.25) is 5.43 Å². The van der Waals surface area contributed by atoms with Crippen LogP contribution in [0.3, 0.4) is 0 Å². The van der Waals surface area contributed by atoms with E-state index in [4.69, 9.17) is 4.74 Å². The third kappa shape index (κ3) is 5.76. The first kappa shape index (κ1) is 24.6. The zero-order chi connectivity index (χ0) is 25.2. The summed E-state index contributed by atoms with van der Waals surface area (Å²) < 4.78 is 60.1. The number of ether oxygens (including phenoxy) is 1. The molecule has 0 aliphatic carbocycles. The molecule has 6 nitrogen and oxygen atoms in total. The molecular weight excluding hydrogens is 466 g/mol. The number of halogens is 4. The quantitative estimate of drug-likeness (QED) is 0.478. The van der Waals surface area contributed by atoms with Crippen molar-refractivity contribution in [2.45, 2.75) is 38.6 Å². The van der Waals surface area contributed by atoms with E-state index >= 15 is 0 Å². The topological polar surface area (TPSA) is 64.4 Å². The Hall–Kier alpha value is -3.53. The lowest BCUT2D eigenvalue weighted by Gasteiger charge is -2.25. The molecule has 1 saturated heterocycles. The Morgan fingerprint density at radius 1 is 1.17 bits per heavy atom. The summed E-state index contributed by atoms with van der Waals surface area (Å²) in [6.45, 7) is 2.24. The number of aromatic nitrogens is 2. The number of carbonyl (C=O) groups is 1. The number of amides is 1. The number of carbonyl (C=O) groups excluding carboxylic acids is 1. The average Bonchev–Trinajstić information content (AvgIpc) is 3.31. The predicted octanol–water partition coefficient (Wildman–Crippen LogP) is 4.52. The third-order valence-electron chi connectivity index (χ3n) is 5.73. The molecule has 35 heavy (non-hydrogen) atoms. The summed E-state index contributed by atoms with van der Waals surface area (Å²) in [6.07, 6.45) is -3.26. The van der Waals surface area contributed by atoms with Gasteiger partial charge in [-0.3, -0.25) is 9.59 Å². The molecule has 1 aromatic heterocycles. The molecule has 10 heteroatoms. The van der Waals surface area contributed by atoms with E-state index in [0.29, 0.717) is 12.2 Å². The summed E-state index contributed by atoms with van der Waals surface area (Å²) in [5.41, 5.74) is -1.14. The second-order valence-electron chi connectivity index (χ2n) is 8.41. The predicted molar refractivity (Wildman–Crippen MR) is 120 cm³/mol. The molecule has 0 N–H and O–H groups in total. The molecular formula is C25H23F4N3O3. The highest BCUT2D eigenvalue weighted by atomic mass is 19.4. The van der Waals surface area contributed by atoms with Crippen molar-refractivity contribution in [3.8, 4) is 5.69 Å². The highest BCUT2D eigenvalue weighted by Crippen LogP contribution is 2.30. The lowest BCUT2D eigenvalue weighted by atomic mass is 10.1. The molecule has 1 aliphatic rings. The number of hydrogen-bond donors (Lipinski definition) is 0. The first-order chi connectivity index (χ1) is 16.6. The standard InChI is InChI=1S/C25H23F4N3O3/c1-16-11-22(33)23(30-32(16)20-8-3-6-18(13-20)25(27,28)29)24(34)31(15-21-9-4-10-35-21)14-17-5-2-7-19(26)12-17/h2-3,5-8,11-13,21H,4,9-10,14-15H2,1H3. The molecule has 184 valence electrons. The van der Waals surface area contributed by atoms with Crippen LogP contribution in [0.15, 0.2) is 59.4 Å². The van der Waals surface area contributed by atoms with Gasteiger partial charge in [0.05, 0.1) is 17.4 Å². The summed E-state index contributed by atoms with van der Waals surface area (Å²) in [4.78, 5) is 27.6. The molecule has 0 saturated carbocycles. The first-order valence-corrected chi connectivity index (χ1v) is 11.1. The maximum Gasteiger partial charge on any atom is 0.416 e. The molecule has 1 atom stereocenters. The van der Waals surface area contributed by atoms with E-state index in [1.807, 2.05) is 0 Å². The van der Waals surface area contributed by atoms with Gasteiger partial charge in [-0.15, -0.1) is 0 Å². The number of nitrogens with zero attached hydrogens (tertiary/aromatic N) is 3. The van der Waals surface area contributed by atoms with Gasteiger partial charge >= 0.3 is 6.18 Å². The number of aryl methyl sites for hydroxylation is 1. The van der Waals surface area contributed by atoms with Crippen LogP contribution in [0, 0.1) is 12.7 Å². The largest absolute Gasteiger partial charge is 0.416 e. The summed E-state index contributed by atoms with van der Waals surface area (Å²) in [6, 6.07) is 11.4. The summed E-state index contributed by atoms with van der Waals surface area (Å²) in [5.74, 6) is -1.18. The van der Waals surface area contributed by atoms with Crippen molar-refractivity contribution >= 4 is 5.91 Å². The molecule has 4 rings (SSSR count). The van der Waals surface area contributed by atoms with E-state index in [1.165, 1.54) is 42.2 Å². The van der Waals surface area contributed by atoms with Crippen LogP contribution in [0.4, 0.5) is 17.6 Å². The van der Waals surface area contributed by atoms with Crippen LogP contribution < -0.4 is 5.43 Å². The van der Waals surface area contributed by atoms with Gasteiger partial charge in [-0.2, -0.15) is 18.3 Å². The van der Waals surface area contributed by atoms with Gasteiger partial charge in [0.25, 0.3) is 5.91 Å². The smallest absolute Gasteiger partial charge is 0.376 e. The van der Waals surface area contributed by atoms with Crippen LogP contribution in [0.25, 0.3) is 5.69 Å². The summed E-state index contributed by atoms with van der Waals surface area (Å²) in [5, 5.41) is 4.15. The van der Waals surface area contributed by atoms with E-state index in [0.717, 1.165) is 35.7 Å². The minimum absolute atomic E-state index is 0.00894. The SMILES string of the molecule is Cc1cc(=O)c(C(=O)N(Cc2cccc(F)c2)CC2CCCO2)nn1-c1cccc(C(F)(F)F)c1. The molecule has 1 aliphatic heterocycles. The fourth-order valence-electron chi connectivity index (χ4n) is 4.03. The van der Waals surface area contributed by atoms with E-state index in [9.17, 15) is 27.2 Å². The van der Waals surface area contributed by atoms with Crippen molar-refractivity contribution in [1.82, 2.24) is 14.7 Å². The minimum atomic E-state index is -4.56. The van der Waals surface area contributed by atoms with Crippen LogP contribution in [-0.4, -0.2) is 39.8 Å². The molecule has 1 fully saturated rings.